The number of benzene rings is 1. The number of nitrogens with zero attached hydrogens (tertiary/aromatic N) is 1. The molecule has 2 aromatic rings. The minimum atomic E-state index is 0.274. The smallest absolute Gasteiger partial charge is 0.228 e. The third-order valence-electron chi connectivity index (χ3n) is 4.03. The largest absolute Gasteiger partial charge is 0.331 e. The average molecular weight is 301 g/mol. The summed E-state index contributed by atoms with van der Waals surface area (Å²) in [5.74, 6) is 0.274. The highest BCUT2D eigenvalue weighted by Gasteiger charge is 2.23. The molecule has 3 rings (SSSR count). The fourth-order valence-corrected chi connectivity index (χ4v) is 3.50. The van der Waals surface area contributed by atoms with Crippen LogP contribution in [0.3, 0.4) is 0 Å². The Bertz CT molecular complexity index is 560. The number of piperazine rings is 1. The minimum absolute atomic E-state index is 0.274. The predicted octanol–water partition coefficient (Wildman–Crippen LogP) is 1.22. The Morgan fingerprint density at radius 3 is 2.52 bits per heavy atom. The van der Waals surface area contributed by atoms with Crippen molar-refractivity contribution in [2.24, 2.45) is 0 Å². The van der Waals surface area contributed by atoms with Gasteiger partial charge in [-0.05, 0) is 11.4 Å². The number of rotatable bonds is 4. The Labute approximate surface area is 129 Å². The van der Waals surface area contributed by atoms with Gasteiger partial charge in [-0.15, -0.1) is 11.3 Å². The van der Waals surface area contributed by atoms with Gasteiger partial charge >= 0.3 is 0 Å². The summed E-state index contributed by atoms with van der Waals surface area (Å²) in [7, 11) is 0. The molecule has 21 heavy (non-hydrogen) atoms. The lowest BCUT2D eigenvalue weighted by atomic mass is 10.2. The average Bonchev–Trinajstić information content (AvgIpc) is 3.02. The Kier molecular flexibility index (Phi) is 4.68. The van der Waals surface area contributed by atoms with E-state index in [4.69, 9.17) is 0 Å². The summed E-state index contributed by atoms with van der Waals surface area (Å²) in [4.78, 5) is 17.0. The van der Waals surface area contributed by atoms with E-state index in [0.717, 1.165) is 32.7 Å². The van der Waals surface area contributed by atoms with E-state index in [1.165, 1.54) is 10.4 Å². The molecule has 0 atom stereocenters. The highest BCUT2D eigenvalue weighted by molar-refractivity contribution is 7.10. The monoisotopic (exact) mass is 301 g/mol. The van der Waals surface area contributed by atoms with Gasteiger partial charge < -0.3 is 9.80 Å². The SMILES string of the molecule is O=C(Cc1cccs1)N1CC[NH+](Cc2ccccc2)CC1. The molecule has 110 valence electrons. The van der Waals surface area contributed by atoms with Crippen LogP contribution < -0.4 is 4.90 Å². The van der Waals surface area contributed by atoms with E-state index >= 15 is 0 Å². The molecule has 0 saturated carbocycles. The van der Waals surface area contributed by atoms with Crippen molar-refractivity contribution in [3.8, 4) is 0 Å². The molecule has 1 aliphatic heterocycles. The molecule has 0 radical (unpaired) electrons. The molecule has 0 unspecified atom stereocenters. The van der Waals surface area contributed by atoms with E-state index in [-0.39, 0.29) is 5.91 Å². The summed E-state index contributed by atoms with van der Waals surface area (Å²) in [5.41, 5.74) is 1.38. The van der Waals surface area contributed by atoms with Crippen molar-refractivity contribution in [1.29, 1.82) is 0 Å². The van der Waals surface area contributed by atoms with Crippen molar-refractivity contribution in [2.75, 3.05) is 26.2 Å². The number of nitrogens with one attached hydrogen (secondary N) is 1. The Morgan fingerprint density at radius 2 is 1.86 bits per heavy atom. The zero-order chi connectivity index (χ0) is 14.5. The molecule has 1 saturated heterocycles. The highest BCUT2D eigenvalue weighted by atomic mass is 32.1. The quantitative estimate of drug-likeness (QED) is 0.902. The molecule has 0 bridgehead atoms. The normalized spacial score (nSPS) is 16.1. The fourth-order valence-electron chi connectivity index (χ4n) is 2.81. The summed E-state index contributed by atoms with van der Waals surface area (Å²) >= 11 is 1.66. The van der Waals surface area contributed by atoms with Crippen LogP contribution in [-0.4, -0.2) is 37.0 Å². The predicted molar refractivity (Wildman–Crippen MR) is 85.4 cm³/mol. The van der Waals surface area contributed by atoms with Gasteiger partial charge in [0, 0.05) is 10.4 Å². The highest BCUT2D eigenvalue weighted by Crippen LogP contribution is 2.10. The van der Waals surface area contributed by atoms with Crippen molar-refractivity contribution in [3.63, 3.8) is 0 Å². The van der Waals surface area contributed by atoms with Crippen molar-refractivity contribution >= 4 is 17.2 Å². The molecular formula is C17H21N2OS+. The van der Waals surface area contributed by atoms with Crippen molar-refractivity contribution in [1.82, 2.24) is 4.90 Å². The van der Waals surface area contributed by atoms with Crippen molar-refractivity contribution in [2.45, 2.75) is 13.0 Å². The molecule has 1 aliphatic rings. The number of carbonyl (C=O) groups is 1. The lowest BCUT2D eigenvalue weighted by Gasteiger charge is -2.32. The lowest BCUT2D eigenvalue weighted by molar-refractivity contribution is -0.917. The van der Waals surface area contributed by atoms with Gasteiger partial charge in [0.15, 0.2) is 0 Å². The number of amides is 1. The third kappa shape index (κ3) is 3.93. The summed E-state index contributed by atoms with van der Waals surface area (Å²) in [5, 5.41) is 2.03. The van der Waals surface area contributed by atoms with Gasteiger partial charge in [-0.1, -0.05) is 36.4 Å². The molecule has 1 aromatic heterocycles. The third-order valence-corrected chi connectivity index (χ3v) is 4.90. The minimum Gasteiger partial charge on any atom is -0.331 e. The number of hydrogen-bond donors (Lipinski definition) is 1. The molecular weight excluding hydrogens is 280 g/mol. The van der Waals surface area contributed by atoms with Crippen LogP contribution in [0.25, 0.3) is 0 Å². The zero-order valence-electron chi connectivity index (χ0n) is 12.1. The molecule has 0 spiro atoms. The van der Waals surface area contributed by atoms with Gasteiger partial charge in [-0.25, -0.2) is 0 Å². The second-order valence-corrected chi connectivity index (χ2v) is 6.58. The summed E-state index contributed by atoms with van der Waals surface area (Å²) in [6, 6.07) is 14.7. The molecule has 1 amide bonds. The molecule has 0 aliphatic carbocycles. The van der Waals surface area contributed by atoms with E-state index in [2.05, 4.69) is 30.3 Å². The van der Waals surface area contributed by atoms with Gasteiger partial charge in [-0.2, -0.15) is 0 Å². The van der Waals surface area contributed by atoms with Crippen LogP contribution in [0.2, 0.25) is 0 Å². The number of thiophene rings is 1. The van der Waals surface area contributed by atoms with E-state index in [1.807, 2.05) is 22.4 Å². The maximum Gasteiger partial charge on any atom is 0.228 e. The van der Waals surface area contributed by atoms with Gasteiger partial charge in [0.05, 0.1) is 32.6 Å². The van der Waals surface area contributed by atoms with Gasteiger partial charge in [0.25, 0.3) is 0 Å². The second-order valence-electron chi connectivity index (χ2n) is 5.55. The van der Waals surface area contributed by atoms with Gasteiger partial charge in [0.1, 0.15) is 6.54 Å². The van der Waals surface area contributed by atoms with Crippen LogP contribution in [0.4, 0.5) is 0 Å². The van der Waals surface area contributed by atoms with Crippen LogP contribution in [0, 0.1) is 0 Å². The Morgan fingerprint density at radius 1 is 1.10 bits per heavy atom. The molecule has 1 aromatic carbocycles. The summed E-state index contributed by atoms with van der Waals surface area (Å²) in [6.07, 6.45) is 0.561. The first kappa shape index (κ1) is 14.3. The van der Waals surface area contributed by atoms with E-state index in [1.54, 1.807) is 16.2 Å². The summed E-state index contributed by atoms with van der Waals surface area (Å²) in [6.45, 7) is 4.92. The van der Waals surface area contributed by atoms with E-state index in [9.17, 15) is 4.79 Å². The Balaban J connectivity index is 1.47. The molecule has 1 N–H and O–H groups in total. The maximum atomic E-state index is 12.3. The van der Waals surface area contributed by atoms with Crippen LogP contribution in [-0.2, 0) is 17.8 Å². The van der Waals surface area contributed by atoms with Crippen LogP contribution >= 0.6 is 11.3 Å². The van der Waals surface area contributed by atoms with E-state index in [0.29, 0.717) is 6.42 Å². The number of carbonyl (C=O) groups excluding carboxylic acids is 1. The fraction of sp³-hybridized carbons (Fsp3) is 0.353. The number of hydrogen-bond acceptors (Lipinski definition) is 2. The van der Waals surface area contributed by atoms with Crippen LogP contribution in [0.1, 0.15) is 10.4 Å². The van der Waals surface area contributed by atoms with Gasteiger partial charge in [0.2, 0.25) is 5.91 Å². The van der Waals surface area contributed by atoms with Crippen molar-refractivity contribution in [3.05, 3.63) is 58.3 Å². The Hall–Kier alpha value is -1.65. The first-order valence-electron chi connectivity index (χ1n) is 7.49. The first-order valence-corrected chi connectivity index (χ1v) is 8.37. The number of quaternary nitrogens is 1. The van der Waals surface area contributed by atoms with Gasteiger partial charge in [-0.3, -0.25) is 4.79 Å². The molecule has 1 fully saturated rings. The standard InChI is InChI=1S/C17H20N2OS/c20-17(13-16-7-4-12-21-16)19-10-8-18(9-11-19)14-15-5-2-1-3-6-15/h1-7,12H,8-11,13-14H2/p+1. The zero-order valence-corrected chi connectivity index (χ0v) is 12.9. The van der Waals surface area contributed by atoms with E-state index < -0.39 is 0 Å². The topological polar surface area (TPSA) is 24.8 Å². The summed E-state index contributed by atoms with van der Waals surface area (Å²) < 4.78 is 0. The maximum absolute atomic E-state index is 12.3. The second kappa shape index (κ2) is 6.87. The van der Waals surface area contributed by atoms with Crippen molar-refractivity contribution < 1.29 is 9.69 Å². The van der Waals surface area contributed by atoms with Crippen LogP contribution in [0.15, 0.2) is 47.8 Å². The first-order chi connectivity index (χ1) is 10.3. The molecule has 3 nitrogen and oxygen atoms in total. The lowest BCUT2D eigenvalue weighted by Crippen LogP contribution is -3.13. The molecule has 4 heteroatoms. The van der Waals surface area contributed by atoms with Crippen LogP contribution in [0.5, 0.6) is 0 Å². The molecule has 2 heterocycles.